The first-order chi connectivity index (χ1) is 13.4. The average molecular weight is 365 g/mol. The number of allylic oxidation sites excluding steroid dienone is 2. The summed E-state index contributed by atoms with van der Waals surface area (Å²) in [5, 5.41) is 2.18. The van der Waals surface area contributed by atoms with Gasteiger partial charge in [-0.05, 0) is 41.9 Å². The molecule has 3 aliphatic heterocycles. The van der Waals surface area contributed by atoms with Gasteiger partial charge in [-0.3, -0.25) is 4.90 Å². The standard InChI is InChI=1S/C24H20BNO2/c1-13-14(2)26-22-20-15(8-7-11-19(20)28-23(26)27)12-17-21(22)25(13)18-10-6-5-9-16(18)24(17,3)4/h5-12H,1-4H3. The molecule has 0 aromatic heterocycles. The molecule has 3 aliphatic rings. The molecule has 1 amide bonds. The van der Waals surface area contributed by atoms with Crippen molar-refractivity contribution in [2.75, 3.05) is 4.90 Å². The Bertz CT molecular complexity index is 1270. The van der Waals surface area contributed by atoms with Crippen molar-refractivity contribution in [3.05, 3.63) is 70.8 Å². The number of hydrogen-bond donors (Lipinski definition) is 0. The van der Waals surface area contributed by atoms with Crippen molar-refractivity contribution < 1.29 is 9.53 Å². The zero-order chi connectivity index (χ0) is 19.4. The van der Waals surface area contributed by atoms with E-state index >= 15 is 0 Å². The lowest BCUT2D eigenvalue weighted by Gasteiger charge is -2.46. The van der Waals surface area contributed by atoms with Gasteiger partial charge < -0.3 is 4.74 Å². The molecule has 3 heterocycles. The van der Waals surface area contributed by atoms with Crippen LogP contribution in [0, 0.1) is 0 Å². The van der Waals surface area contributed by atoms with Crippen molar-refractivity contribution in [1.82, 2.24) is 0 Å². The minimum atomic E-state index is -0.305. The number of amides is 1. The summed E-state index contributed by atoms with van der Waals surface area (Å²) in [6, 6.07) is 17.1. The lowest BCUT2D eigenvalue weighted by atomic mass is 9.30. The number of hydrogen-bond acceptors (Lipinski definition) is 2. The summed E-state index contributed by atoms with van der Waals surface area (Å²) < 4.78 is 5.72. The third kappa shape index (κ3) is 1.65. The molecule has 4 heteroatoms. The first kappa shape index (κ1) is 16.0. The van der Waals surface area contributed by atoms with Crippen LogP contribution < -0.4 is 20.6 Å². The number of nitrogens with zero attached hydrogens (tertiary/aromatic N) is 1. The van der Waals surface area contributed by atoms with Gasteiger partial charge in [0, 0.05) is 16.5 Å². The highest BCUT2D eigenvalue weighted by Gasteiger charge is 2.48. The Balaban J connectivity index is 1.87. The predicted molar refractivity (Wildman–Crippen MR) is 114 cm³/mol. The molecule has 0 saturated carbocycles. The van der Waals surface area contributed by atoms with E-state index in [1.54, 1.807) is 4.90 Å². The summed E-state index contributed by atoms with van der Waals surface area (Å²) in [7, 11) is 0. The largest absolute Gasteiger partial charge is 0.424 e. The van der Waals surface area contributed by atoms with Crippen LogP contribution in [0.1, 0.15) is 38.8 Å². The Kier molecular flexibility index (Phi) is 2.79. The third-order valence-corrected chi connectivity index (χ3v) is 6.99. The zero-order valence-electron chi connectivity index (χ0n) is 16.5. The monoisotopic (exact) mass is 365 g/mol. The second kappa shape index (κ2) is 4.88. The highest BCUT2D eigenvalue weighted by Crippen LogP contribution is 2.47. The van der Waals surface area contributed by atoms with Gasteiger partial charge in [0.1, 0.15) is 5.75 Å². The van der Waals surface area contributed by atoms with Crippen molar-refractivity contribution in [3.8, 4) is 5.75 Å². The second-order valence-electron chi connectivity index (χ2n) is 8.66. The number of benzene rings is 3. The highest BCUT2D eigenvalue weighted by atomic mass is 16.6. The van der Waals surface area contributed by atoms with Crippen LogP contribution in [0.5, 0.6) is 5.75 Å². The third-order valence-electron chi connectivity index (χ3n) is 6.99. The SMILES string of the molecule is CC1=C(C)N2C(=O)Oc3cccc4cc5c(c2c34)B1c1ccccc1C5(C)C. The van der Waals surface area contributed by atoms with Gasteiger partial charge in [0.15, 0.2) is 0 Å². The maximum Gasteiger partial charge on any atom is 0.424 e. The molecule has 136 valence electrons. The van der Waals surface area contributed by atoms with Crippen molar-refractivity contribution in [2.45, 2.75) is 33.1 Å². The molecule has 0 fully saturated rings. The average Bonchev–Trinajstić information content (AvgIpc) is 2.68. The Labute approximate surface area is 164 Å². The number of ether oxygens (including phenoxy) is 1. The smallest absolute Gasteiger partial charge is 0.409 e. The molecule has 0 radical (unpaired) electrons. The fourth-order valence-corrected chi connectivity index (χ4v) is 5.53. The molecule has 0 aliphatic carbocycles. The molecule has 0 spiro atoms. The minimum absolute atomic E-state index is 0.137. The molecule has 0 N–H and O–H groups in total. The number of carbonyl (C=O) groups excluding carboxylic acids is 1. The molecule has 3 nitrogen and oxygen atoms in total. The molecular formula is C24H20BNO2. The van der Waals surface area contributed by atoms with Crippen molar-refractivity contribution in [3.63, 3.8) is 0 Å². The van der Waals surface area contributed by atoms with Crippen molar-refractivity contribution in [1.29, 1.82) is 0 Å². The predicted octanol–water partition coefficient (Wildman–Crippen LogP) is 4.25. The van der Waals surface area contributed by atoms with Gasteiger partial charge >= 0.3 is 6.09 Å². The van der Waals surface area contributed by atoms with Crippen molar-refractivity contribution >= 4 is 40.2 Å². The summed E-state index contributed by atoms with van der Waals surface area (Å²) in [5.41, 5.74) is 8.37. The van der Waals surface area contributed by atoms with E-state index in [1.807, 2.05) is 19.1 Å². The van der Waals surface area contributed by atoms with Crippen LogP contribution >= 0.6 is 0 Å². The van der Waals surface area contributed by atoms with Gasteiger partial charge in [0.25, 0.3) is 0 Å². The van der Waals surface area contributed by atoms with Crippen molar-refractivity contribution in [2.24, 2.45) is 0 Å². The number of anilines is 1. The van der Waals surface area contributed by atoms with Crippen LogP contribution in [0.3, 0.4) is 0 Å². The van der Waals surface area contributed by atoms with Crippen LogP contribution in [-0.2, 0) is 5.41 Å². The fraction of sp³-hybridized carbons (Fsp3) is 0.208. The number of fused-ring (bicyclic) bond motifs is 2. The van der Waals surface area contributed by atoms with Gasteiger partial charge in [-0.1, -0.05) is 67.2 Å². The lowest BCUT2D eigenvalue weighted by Crippen LogP contribution is -2.60. The number of carbonyl (C=O) groups is 1. The van der Waals surface area contributed by atoms with Gasteiger partial charge in [-0.2, -0.15) is 0 Å². The topological polar surface area (TPSA) is 29.5 Å². The molecule has 0 atom stereocenters. The van der Waals surface area contributed by atoms with E-state index in [0.717, 1.165) is 22.2 Å². The van der Waals surface area contributed by atoms with E-state index in [2.05, 4.69) is 57.2 Å². The maximum atomic E-state index is 13.0. The summed E-state index contributed by atoms with van der Waals surface area (Å²) in [4.78, 5) is 14.8. The van der Waals surface area contributed by atoms with Crippen LogP contribution in [0.15, 0.2) is 59.7 Å². The Morgan fingerprint density at radius 2 is 1.79 bits per heavy atom. The van der Waals surface area contributed by atoms with Gasteiger partial charge in [0.2, 0.25) is 6.71 Å². The highest BCUT2D eigenvalue weighted by molar-refractivity contribution is 6.93. The van der Waals surface area contributed by atoms with Gasteiger partial charge in [-0.15, -0.1) is 0 Å². The van der Waals surface area contributed by atoms with Gasteiger partial charge in [-0.25, -0.2) is 4.79 Å². The van der Waals surface area contributed by atoms with Crippen LogP contribution in [0.2, 0.25) is 0 Å². The molecule has 0 unspecified atom stereocenters. The number of rotatable bonds is 0. The minimum Gasteiger partial charge on any atom is -0.409 e. The van der Waals surface area contributed by atoms with Crippen LogP contribution in [0.4, 0.5) is 10.5 Å². The molecule has 6 rings (SSSR count). The van der Waals surface area contributed by atoms with Crippen LogP contribution in [-0.4, -0.2) is 12.8 Å². The summed E-state index contributed by atoms with van der Waals surface area (Å²) in [5.74, 6) is 0.666. The quantitative estimate of drug-likeness (QED) is 0.558. The molecule has 3 aromatic carbocycles. The first-order valence-corrected chi connectivity index (χ1v) is 9.80. The van der Waals surface area contributed by atoms with Crippen LogP contribution in [0.25, 0.3) is 10.8 Å². The maximum absolute atomic E-state index is 13.0. The molecule has 0 saturated heterocycles. The van der Waals surface area contributed by atoms with E-state index in [9.17, 15) is 4.79 Å². The van der Waals surface area contributed by atoms with E-state index in [1.165, 1.54) is 27.5 Å². The van der Waals surface area contributed by atoms with E-state index < -0.39 is 0 Å². The first-order valence-electron chi connectivity index (χ1n) is 9.80. The summed E-state index contributed by atoms with van der Waals surface area (Å²) >= 11 is 0. The molecule has 28 heavy (non-hydrogen) atoms. The Morgan fingerprint density at radius 3 is 2.61 bits per heavy atom. The Morgan fingerprint density at radius 1 is 1.00 bits per heavy atom. The fourth-order valence-electron chi connectivity index (χ4n) is 5.53. The molecular weight excluding hydrogens is 345 g/mol. The van der Waals surface area contributed by atoms with E-state index in [0.29, 0.717) is 5.75 Å². The lowest BCUT2D eigenvalue weighted by molar-refractivity contribution is 0.209. The van der Waals surface area contributed by atoms with E-state index in [4.69, 9.17) is 4.74 Å². The Hall–Kier alpha value is -3.01. The zero-order valence-corrected chi connectivity index (χ0v) is 16.5. The second-order valence-corrected chi connectivity index (χ2v) is 8.66. The summed E-state index contributed by atoms with van der Waals surface area (Å²) in [6.07, 6.45) is -0.305. The molecule has 3 aromatic rings. The summed E-state index contributed by atoms with van der Waals surface area (Å²) in [6.45, 7) is 8.95. The normalized spacial score (nSPS) is 18.4. The van der Waals surface area contributed by atoms with E-state index in [-0.39, 0.29) is 18.2 Å². The van der Waals surface area contributed by atoms with Gasteiger partial charge in [0.05, 0.1) is 5.69 Å². The molecule has 0 bridgehead atoms.